The average molecular weight is 363 g/mol. The summed E-state index contributed by atoms with van der Waals surface area (Å²) < 4.78 is 2.03. The molecule has 0 unspecified atom stereocenters. The molecule has 0 spiro atoms. The van der Waals surface area contributed by atoms with Crippen LogP contribution in [0.25, 0.3) is 9.87 Å². The summed E-state index contributed by atoms with van der Waals surface area (Å²) in [5.41, 5.74) is 1.89. The third kappa shape index (κ3) is 2.40. The normalized spacial score (nSPS) is 17.4. The zero-order chi connectivity index (χ0) is 16.8. The van der Waals surface area contributed by atoms with Gasteiger partial charge >= 0.3 is 11.9 Å². The monoisotopic (exact) mass is 363 g/mol. The van der Waals surface area contributed by atoms with Gasteiger partial charge in [-0.05, 0) is 19.3 Å². The van der Waals surface area contributed by atoms with Crippen LogP contribution in [-0.4, -0.2) is 37.3 Å². The highest BCUT2D eigenvalue weighted by Gasteiger charge is 2.25. The van der Waals surface area contributed by atoms with Crippen LogP contribution in [0.15, 0.2) is 23.7 Å². The van der Waals surface area contributed by atoms with Crippen molar-refractivity contribution in [2.45, 2.75) is 19.3 Å². The molecule has 0 radical (unpaired) electrons. The van der Waals surface area contributed by atoms with Gasteiger partial charge in [-0.1, -0.05) is 0 Å². The van der Waals surface area contributed by atoms with Crippen LogP contribution < -0.4 is 5.32 Å². The number of carbonyl (C=O) groups is 2. The summed E-state index contributed by atoms with van der Waals surface area (Å²) in [4.78, 5) is 29.9. The molecule has 0 amide bonds. The molecule has 24 heavy (non-hydrogen) atoms. The van der Waals surface area contributed by atoms with Gasteiger partial charge in [-0.2, -0.15) is 0 Å². The lowest BCUT2D eigenvalue weighted by Crippen LogP contribution is -2.16. The van der Waals surface area contributed by atoms with Crippen molar-refractivity contribution in [2.24, 2.45) is 0 Å². The highest BCUT2D eigenvalue weighted by atomic mass is 32.2. The Hall–Kier alpha value is -2.26. The van der Waals surface area contributed by atoms with Gasteiger partial charge in [0.25, 0.3) is 0 Å². The molecule has 0 aromatic carbocycles. The Balaban J connectivity index is 1.77. The van der Waals surface area contributed by atoms with Crippen LogP contribution in [0.1, 0.15) is 22.7 Å². The number of nitrogens with zero attached hydrogens (tertiary/aromatic N) is 2. The van der Waals surface area contributed by atoms with Gasteiger partial charge in [-0.15, -0.1) is 23.1 Å². The minimum Gasteiger partial charge on any atom is -0.478 e. The van der Waals surface area contributed by atoms with Gasteiger partial charge in [0.15, 0.2) is 4.96 Å². The van der Waals surface area contributed by atoms with Crippen LogP contribution in [0.4, 0.5) is 0 Å². The van der Waals surface area contributed by atoms with Crippen molar-refractivity contribution in [3.8, 4) is 0 Å². The van der Waals surface area contributed by atoms with Crippen LogP contribution in [0.5, 0.6) is 0 Å². The molecule has 9 heteroatoms. The number of rotatable bonds is 3. The van der Waals surface area contributed by atoms with Gasteiger partial charge in [0.1, 0.15) is 5.70 Å². The third-order valence-electron chi connectivity index (χ3n) is 4.03. The molecule has 3 N–H and O–H groups in total. The van der Waals surface area contributed by atoms with Crippen molar-refractivity contribution in [1.82, 2.24) is 14.7 Å². The lowest BCUT2D eigenvalue weighted by atomic mass is 10.3. The topological polar surface area (TPSA) is 104 Å². The molecular weight excluding hydrogens is 350 g/mol. The molecule has 1 aliphatic heterocycles. The zero-order valence-corrected chi connectivity index (χ0v) is 14.0. The second kappa shape index (κ2) is 5.67. The highest BCUT2D eigenvalue weighted by molar-refractivity contribution is 8.08. The number of imidazole rings is 1. The summed E-state index contributed by atoms with van der Waals surface area (Å²) >= 11 is 2.81. The molecule has 0 saturated carbocycles. The minimum absolute atomic E-state index is 0.0429. The Morgan fingerprint density at radius 2 is 2.08 bits per heavy atom. The van der Waals surface area contributed by atoms with E-state index >= 15 is 0 Å². The van der Waals surface area contributed by atoms with Crippen molar-refractivity contribution in [3.63, 3.8) is 0 Å². The minimum atomic E-state index is -1.14. The van der Waals surface area contributed by atoms with E-state index in [0.717, 1.165) is 24.2 Å². The zero-order valence-electron chi connectivity index (χ0n) is 12.4. The molecule has 3 heterocycles. The van der Waals surface area contributed by atoms with Gasteiger partial charge in [-0.3, -0.25) is 4.40 Å². The molecule has 2 aromatic rings. The predicted octanol–water partition coefficient (Wildman–Crippen LogP) is 1.94. The average Bonchev–Trinajstić information content (AvgIpc) is 3.14. The van der Waals surface area contributed by atoms with Gasteiger partial charge < -0.3 is 15.5 Å². The Morgan fingerprint density at radius 3 is 2.83 bits per heavy atom. The summed E-state index contributed by atoms with van der Waals surface area (Å²) in [5.74, 6) is -2.02. The number of nitrogens with one attached hydrogen (secondary N) is 1. The van der Waals surface area contributed by atoms with Gasteiger partial charge in [0, 0.05) is 28.7 Å². The second-order valence-corrected chi connectivity index (χ2v) is 7.57. The molecule has 0 atom stereocenters. The van der Waals surface area contributed by atoms with E-state index in [-0.39, 0.29) is 17.0 Å². The summed E-state index contributed by atoms with van der Waals surface area (Å²) in [6.07, 6.45) is 6.31. The summed E-state index contributed by atoms with van der Waals surface area (Å²) in [5, 5.41) is 21.2. The lowest BCUT2D eigenvalue weighted by Gasteiger charge is -2.06. The number of hydrogen-bond donors (Lipinski definition) is 3. The van der Waals surface area contributed by atoms with E-state index in [2.05, 4.69) is 10.3 Å². The van der Waals surface area contributed by atoms with Gasteiger partial charge in [0.2, 0.25) is 0 Å². The van der Waals surface area contributed by atoms with E-state index in [1.165, 1.54) is 28.5 Å². The van der Waals surface area contributed by atoms with Crippen molar-refractivity contribution >= 4 is 44.9 Å². The third-order valence-corrected chi connectivity index (χ3v) is 6.34. The lowest BCUT2D eigenvalue weighted by molar-refractivity contribution is -0.134. The van der Waals surface area contributed by atoms with Crippen molar-refractivity contribution in [3.05, 3.63) is 39.9 Å². The van der Waals surface area contributed by atoms with E-state index in [0.29, 0.717) is 10.6 Å². The predicted molar refractivity (Wildman–Crippen MR) is 91.0 cm³/mol. The van der Waals surface area contributed by atoms with Crippen LogP contribution in [-0.2, 0) is 22.4 Å². The molecule has 0 fully saturated rings. The fourth-order valence-electron chi connectivity index (χ4n) is 2.89. The Morgan fingerprint density at radius 1 is 1.25 bits per heavy atom. The van der Waals surface area contributed by atoms with Crippen LogP contribution >= 0.6 is 23.1 Å². The fraction of sp³-hybridized carbons (Fsp3) is 0.267. The molecule has 7 nitrogen and oxygen atoms in total. The molecule has 1 aliphatic carbocycles. The number of thioether (sulfide) groups is 1. The number of fused-ring (bicyclic) bond motifs is 3. The SMILES string of the molecule is O=C(O)C1=CNC(C(=O)O)=C(c2cn3c4c(sc3n2)CCC4)SC1. The van der Waals surface area contributed by atoms with E-state index in [4.69, 9.17) is 5.11 Å². The van der Waals surface area contributed by atoms with Crippen molar-refractivity contribution < 1.29 is 19.8 Å². The van der Waals surface area contributed by atoms with E-state index in [1.54, 1.807) is 11.3 Å². The molecule has 0 saturated heterocycles. The number of thiazole rings is 1. The fourth-order valence-corrected chi connectivity index (χ4v) is 5.12. The number of aromatic nitrogens is 2. The Bertz CT molecular complexity index is 938. The summed E-state index contributed by atoms with van der Waals surface area (Å²) in [7, 11) is 0. The van der Waals surface area contributed by atoms with Crippen LogP contribution in [0.2, 0.25) is 0 Å². The molecule has 2 aromatic heterocycles. The van der Waals surface area contributed by atoms with E-state index < -0.39 is 11.9 Å². The first-order valence-corrected chi connectivity index (χ1v) is 9.14. The first kappa shape index (κ1) is 15.3. The largest absolute Gasteiger partial charge is 0.478 e. The molecule has 0 bridgehead atoms. The highest BCUT2D eigenvalue weighted by Crippen LogP contribution is 2.36. The maximum Gasteiger partial charge on any atom is 0.353 e. The summed E-state index contributed by atoms with van der Waals surface area (Å²) in [6.45, 7) is 0. The molecule has 124 valence electrons. The van der Waals surface area contributed by atoms with Crippen molar-refractivity contribution in [2.75, 3.05) is 5.75 Å². The standard InChI is InChI=1S/C15H13N3O4S2/c19-13(20)7-4-16-11(14(21)22)12(23-6-7)8-5-18-9-2-1-3-10(9)24-15(18)17-8/h4-5,16H,1-3,6H2,(H,19,20)(H,21,22). The Labute approximate surface area is 144 Å². The van der Waals surface area contributed by atoms with E-state index in [1.807, 2.05) is 10.6 Å². The number of hydrogen-bond acceptors (Lipinski definition) is 6. The van der Waals surface area contributed by atoms with Crippen LogP contribution in [0, 0.1) is 0 Å². The smallest absolute Gasteiger partial charge is 0.353 e. The quantitative estimate of drug-likeness (QED) is 0.765. The van der Waals surface area contributed by atoms with Crippen LogP contribution in [0.3, 0.4) is 0 Å². The molecular formula is C15H13N3O4S2. The maximum atomic E-state index is 11.6. The van der Waals surface area contributed by atoms with E-state index in [9.17, 15) is 14.7 Å². The molecule has 2 aliphatic rings. The maximum absolute atomic E-state index is 11.6. The first-order valence-electron chi connectivity index (χ1n) is 7.34. The van der Waals surface area contributed by atoms with Gasteiger partial charge in [-0.25, -0.2) is 14.6 Å². The number of aliphatic carboxylic acids is 2. The number of carboxylic acid groups (broad SMARTS) is 2. The second-order valence-electron chi connectivity index (χ2n) is 5.52. The first-order chi connectivity index (χ1) is 11.5. The Kier molecular flexibility index (Phi) is 3.61. The number of carboxylic acids is 2. The van der Waals surface area contributed by atoms with Crippen molar-refractivity contribution in [1.29, 1.82) is 0 Å². The van der Waals surface area contributed by atoms with Gasteiger partial charge in [0.05, 0.1) is 16.2 Å². The molecule has 4 rings (SSSR count). The number of aryl methyl sites for hydroxylation is 2. The summed E-state index contributed by atoms with van der Waals surface area (Å²) in [6, 6.07) is 0.